The average Bonchev–Trinajstić information content (AvgIpc) is 4.04. The van der Waals surface area contributed by atoms with Crippen molar-refractivity contribution in [2.75, 3.05) is 45.3 Å². The molecule has 1 heterocycles. The highest BCUT2D eigenvalue weighted by molar-refractivity contribution is 5.95. The number of anilines is 1. The molecule has 0 bridgehead atoms. The fourth-order valence-corrected chi connectivity index (χ4v) is 7.48. The topological polar surface area (TPSA) is 141 Å². The van der Waals surface area contributed by atoms with E-state index in [-0.39, 0.29) is 30.8 Å². The third-order valence-electron chi connectivity index (χ3n) is 11.2. The maximum Gasteiger partial charge on any atom is 0.410 e. The number of rotatable bonds is 16. The molecule has 2 aromatic carbocycles. The summed E-state index contributed by atoms with van der Waals surface area (Å²) in [6.07, 6.45) is 1.27. The Bertz CT molecular complexity index is 1720. The van der Waals surface area contributed by atoms with E-state index >= 15 is 0 Å². The van der Waals surface area contributed by atoms with Crippen LogP contribution in [0.25, 0.3) is 0 Å². The molecule has 4 fully saturated rings. The van der Waals surface area contributed by atoms with Crippen LogP contribution in [0, 0.1) is 17.8 Å². The van der Waals surface area contributed by atoms with E-state index in [1.54, 1.807) is 27.8 Å². The summed E-state index contributed by atoms with van der Waals surface area (Å²) in [6.45, 7) is 9.56. The molecule has 2 amide bonds. The van der Waals surface area contributed by atoms with Crippen LogP contribution >= 0.6 is 0 Å². The number of likely N-dealkylation sites (N-methyl/N-ethyl adjacent to an activating group) is 2. The monoisotopic (exact) mass is 775 g/mol. The standard InChI is InChI=1S/C43H57N3O10/c1-28(38(48)53-27-31-10-8-7-9-11-31)54-40(50)43(26-34(43)32-16-17-32)45(6)37(47)36(25-30-14-18-33(19-15-30)46-20-22-52-23-21-46)55-39(49)35(24-29-12-13-29)44(5)41(51)56-42(2,3)4/h7-11,14-15,18-19,28-29,32,34-36H,12-13,16-17,20-27H2,1-6H3/t28-,34?,35+,36-,43?/m1/s1. The predicted octanol–water partition coefficient (Wildman–Crippen LogP) is 5.32. The first kappa shape index (κ1) is 41.0. The van der Waals surface area contributed by atoms with E-state index in [0.717, 1.165) is 55.6 Å². The Hall–Kier alpha value is -4.65. The second-order valence-corrected chi connectivity index (χ2v) is 16.8. The summed E-state index contributed by atoms with van der Waals surface area (Å²) in [5.74, 6) is -2.36. The van der Waals surface area contributed by atoms with E-state index in [4.69, 9.17) is 23.7 Å². The highest BCUT2D eigenvalue weighted by Crippen LogP contribution is 2.60. The van der Waals surface area contributed by atoms with Crippen LogP contribution in [-0.2, 0) is 55.9 Å². The van der Waals surface area contributed by atoms with Gasteiger partial charge in [0, 0.05) is 39.3 Å². The van der Waals surface area contributed by atoms with Crippen LogP contribution in [0.4, 0.5) is 10.5 Å². The average molecular weight is 776 g/mol. The lowest BCUT2D eigenvalue weighted by Crippen LogP contribution is -2.54. The van der Waals surface area contributed by atoms with Crippen LogP contribution in [0.1, 0.15) is 77.3 Å². The third-order valence-corrected chi connectivity index (χ3v) is 11.2. The van der Waals surface area contributed by atoms with E-state index in [9.17, 15) is 24.0 Å². The van der Waals surface area contributed by atoms with Gasteiger partial charge in [0.05, 0.1) is 13.2 Å². The SMILES string of the molecule is C[C@@H](OC(=O)C1(N(C)C(=O)[C@@H](Cc2ccc(N3CCOCC3)cc2)OC(=O)[C@H](CC2CC2)N(C)C(=O)OC(C)(C)C)CC1C1CC1)C(=O)OCc1ccccc1. The summed E-state index contributed by atoms with van der Waals surface area (Å²) in [5.41, 5.74) is 0.445. The first-order valence-corrected chi connectivity index (χ1v) is 19.9. The number of esters is 3. The van der Waals surface area contributed by atoms with Crippen molar-refractivity contribution in [3.63, 3.8) is 0 Å². The molecule has 1 aliphatic heterocycles. The molecule has 0 aromatic heterocycles. The Balaban J connectivity index is 1.22. The molecule has 0 spiro atoms. The van der Waals surface area contributed by atoms with Crippen molar-refractivity contribution in [2.24, 2.45) is 17.8 Å². The van der Waals surface area contributed by atoms with Crippen LogP contribution in [-0.4, -0.2) is 109 Å². The van der Waals surface area contributed by atoms with Crippen LogP contribution in [0.15, 0.2) is 54.6 Å². The van der Waals surface area contributed by atoms with Gasteiger partial charge in [-0.3, -0.25) is 9.69 Å². The highest BCUT2D eigenvalue weighted by Gasteiger charge is 2.70. The lowest BCUT2D eigenvalue weighted by molar-refractivity contribution is -0.176. The van der Waals surface area contributed by atoms with Crippen molar-refractivity contribution in [1.82, 2.24) is 9.80 Å². The van der Waals surface area contributed by atoms with Crippen molar-refractivity contribution >= 4 is 35.6 Å². The van der Waals surface area contributed by atoms with Gasteiger partial charge in [0.1, 0.15) is 23.8 Å². The Morgan fingerprint density at radius 2 is 1.54 bits per heavy atom. The normalized spacial score (nSPS) is 22.2. The summed E-state index contributed by atoms with van der Waals surface area (Å²) < 4.78 is 28.4. The van der Waals surface area contributed by atoms with E-state index in [0.29, 0.717) is 26.1 Å². The minimum Gasteiger partial charge on any atom is -0.458 e. The molecule has 13 nitrogen and oxygen atoms in total. The van der Waals surface area contributed by atoms with Gasteiger partial charge in [0.15, 0.2) is 12.2 Å². The zero-order chi connectivity index (χ0) is 40.2. The molecule has 2 aromatic rings. The van der Waals surface area contributed by atoms with Crippen LogP contribution in [0.3, 0.4) is 0 Å². The van der Waals surface area contributed by atoms with E-state index in [2.05, 4.69) is 4.90 Å². The summed E-state index contributed by atoms with van der Waals surface area (Å²) in [4.78, 5) is 74.0. The Morgan fingerprint density at radius 3 is 2.14 bits per heavy atom. The van der Waals surface area contributed by atoms with Crippen LogP contribution < -0.4 is 4.90 Å². The molecular formula is C43H57N3O10. The Labute approximate surface area is 329 Å². The molecule has 5 atom stereocenters. The fourth-order valence-electron chi connectivity index (χ4n) is 7.48. The maximum atomic E-state index is 14.7. The third kappa shape index (κ3) is 10.2. The number of ether oxygens (including phenoxy) is 5. The van der Waals surface area contributed by atoms with Crippen molar-refractivity contribution in [2.45, 2.75) is 109 Å². The fraction of sp³-hybridized carbons (Fsp3) is 0.605. The molecular weight excluding hydrogens is 718 g/mol. The van der Waals surface area contributed by atoms with Crippen molar-refractivity contribution < 1.29 is 47.7 Å². The van der Waals surface area contributed by atoms with Gasteiger partial charge in [-0.25, -0.2) is 19.2 Å². The van der Waals surface area contributed by atoms with Gasteiger partial charge in [-0.2, -0.15) is 0 Å². The number of benzene rings is 2. The van der Waals surface area contributed by atoms with Crippen LogP contribution in [0.5, 0.6) is 0 Å². The molecule has 0 radical (unpaired) electrons. The number of carbonyl (C=O) groups is 5. The molecule has 3 aliphatic carbocycles. The molecule has 2 unspecified atom stereocenters. The van der Waals surface area contributed by atoms with Crippen molar-refractivity contribution in [3.8, 4) is 0 Å². The van der Waals surface area contributed by atoms with Gasteiger partial charge in [0.25, 0.3) is 5.91 Å². The minimum absolute atomic E-state index is 0.0289. The quantitative estimate of drug-likeness (QED) is 0.162. The van der Waals surface area contributed by atoms with Gasteiger partial charge in [-0.05, 0) is 94.4 Å². The Kier molecular flexibility index (Phi) is 12.6. The van der Waals surface area contributed by atoms with E-state index in [1.807, 2.05) is 54.6 Å². The largest absolute Gasteiger partial charge is 0.458 e. The number of amides is 2. The van der Waals surface area contributed by atoms with Gasteiger partial charge >= 0.3 is 24.0 Å². The minimum atomic E-state index is -1.34. The summed E-state index contributed by atoms with van der Waals surface area (Å²) in [5, 5.41) is 0. The second-order valence-electron chi connectivity index (χ2n) is 16.8. The van der Waals surface area contributed by atoms with Crippen molar-refractivity contribution in [1.29, 1.82) is 0 Å². The summed E-state index contributed by atoms with van der Waals surface area (Å²) in [7, 11) is 3.05. The zero-order valence-electron chi connectivity index (χ0n) is 33.6. The molecule has 4 aliphatic rings. The number of carbonyl (C=O) groups excluding carboxylic acids is 5. The molecule has 3 saturated carbocycles. The molecule has 1 saturated heterocycles. The highest BCUT2D eigenvalue weighted by atomic mass is 16.6. The van der Waals surface area contributed by atoms with Crippen LogP contribution in [0.2, 0.25) is 0 Å². The summed E-state index contributed by atoms with van der Waals surface area (Å²) >= 11 is 0. The first-order chi connectivity index (χ1) is 26.7. The lowest BCUT2D eigenvalue weighted by Gasteiger charge is -2.33. The molecule has 6 rings (SSSR count). The zero-order valence-corrected chi connectivity index (χ0v) is 33.6. The van der Waals surface area contributed by atoms with E-state index in [1.165, 1.54) is 23.8 Å². The number of hydrogen-bond acceptors (Lipinski definition) is 11. The number of nitrogens with zero attached hydrogens (tertiary/aromatic N) is 3. The van der Waals surface area contributed by atoms with Gasteiger partial charge in [-0.1, -0.05) is 55.3 Å². The van der Waals surface area contributed by atoms with Crippen molar-refractivity contribution in [3.05, 3.63) is 65.7 Å². The summed E-state index contributed by atoms with van der Waals surface area (Å²) in [6, 6.07) is 16.0. The second kappa shape index (κ2) is 17.2. The lowest BCUT2D eigenvalue weighted by atomic mass is 10.0. The smallest absolute Gasteiger partial charge is 0.410 e. The van der Waals surface area contributed by atoms with Gasteiger partial charge in [0.2, 0.25) is 0 Å². The molecule has 13 heteroatoms. The van der Waals surface area contributed by atoms with Gasteiger partial charge in [-0.15, -0.1) is 0 Å². The number of morpholine rings is 1. The number of hydrogen-bond donors (Lipinski definition) is 0. The predicted molar refractivity (Wildman–Crippen MR) is 206 cm³/mol. The van der Waals surface area contributed by atoms with Gasteiger partial charge < -0.3 is 33.5 Å². The molecule has 0 N–H and O–H groups in total. The maximum absolute atomic E-state index is 14.7. The molecule has 304 valence electrons. The Morgan fingerprint density at radius 1 is 0.875 bits per heavy atom. The molecule has 56 heavy (non-hydrogen) atoms. The van der Waals surface area contributed by atoms with E-state index < -0.39 is 59.3 Å². The first-order valence-electron chi connectivity index (χ1n) is 19.9.